The summed E-state index contributed by atoms with van der Waals surface area (Å²) in [6.07, 6.45) is 1.42. The number of rotatable bonds is 3. The van der Waals surface area contributed by atoms with Gasteiger partial charge in [0.15, 0.2) is 11.6 Å². The fourth-order valence-electron chi connectivity index (χ4n) is 2.99. The van der Waals surface area contributed by atoms with E-state index in [1.807, 2.05) is 6.07 Å². The Kier molecular flexibility index (Phi) is 6.10. The first-order valence-electron chi connectivity index (χ1n) is 7.94. The van der Waals surface area contributed by atoms with E-state index in [4.69, 9.17) is 5.73 Å². The second-order valence-corrected chi connectivity index (χ2v) is 5.80. The Morgan fingerprint density at radius 1 is 1.04 bits per heavy atom. The van der Waals surface area contributed by atoms with E-state index >= 15 is 0 Å². The minimum absolute atomic E-state index is 0. The summed E-state index contributed by atoms with van der Waals surface area (Å²) in [7, 11) is 0. The number of nitrogens with zero attached hydrogens (tertiary/aromatic N) is 2. The van der Waals surface area contributed by atoms with E-state index < -0.39 is 17.2 Å². The zero-order chi connectivity index (χ0) is 18.3. The Morgan fingerprint density at radius 3 is 2.39 bits per heavy atom. The third-order valence-corrected chi connectivity index (χ3v) is 4.19. The zero-order valence-corrected chi connectivity index (χ0v) is 13.5. The van der Waals surface area contributed by atoms with Gasteiger partial charge in [-0.15, -0.1) is 0 Å². The second kappa shape index (κ2) is 8.14. The Balaban J connectivity index is 0.00000140. The highest BCUT2D eigenvalue weighted by Gasteiger charge is 2.20. The molecule has 0 radical (unpaired) electrons. The van der Waals surface area contributed by atoms with Crippen molar-refractivity contribution in [2.75, 3.05) is 0 Å². The van der Waals surface area contributed by atoms with Crippen LogP contribution in [0.5, 0.6) is 0 Å². The van der Waals surface area contributed by atoms with Crippen molar-refractivity contribution in [3.05, 3.63) is 82.3 Å². The van der Waals surface area contributed by atoms with Crippen LogP contribution >= 0.6 is 0 Å². The highest BCUT2D eigenvalue weighted by molar-refractivity contribution is 5.93. The van der Waals surface area contributed by atoms with Crippen LogP contribution in [0.25, 0.3) is 27.8 Å². The van der Waals surface area contributed by atoms with Gasteiger partial charge in [0.1, 0.15) is 11.4 Å². The van der Waals surface area contributed by atoms with Gasteiger partial charge in [-0.3, -0.25) is 4.79 Å². The lowest BCUT2D eigenvalue weighted by atomic mass is 10.1. The summed E-state index contributed by atoms with van der Waals surface area (Å²) in [5.41, 5.74) is 7.11. The van der Waals surface area contributed by atoms with Crippen LogP contribution in [0.15, 0.2) is 59.5 Å². The van der Waals surface area contributed by atoms with Crippen LogP contribution in [-0.2, 0) is 6.54 Å². The fraction of sp³-hybridized carbons (Fsp3) is 0.143. The normalized spacial score (nSPS) is 10.4. The lowest BCUT2D eigenvalue weighted by Gasteiger charge is -2.06. The smallest absolute Gasteiger partial charge is 0.259 e. The van der Waals surface area contributed by atoms with E-state index in [2.05, 4.69) is 10.1 Å². The number of para-hydroxylation sites is 1. The molecule has 4 rings (SSSR count). The van der Waals surface area contributed by atoms with Crippen LogP contribution in [0, 0.1) is 11.6 Å². The minimum Gasteiger partial charge on any atom is -0.328 e. The van der Waals surface area contributed by atoms with Crippen LogP contribution < -0.4 is 11.3 Å². The minimum atomic E-state index is -0.767. The van der Waals surface area contributed by atoms with E-state index in [-0.39, 0.29) is 25.9 Å². The number of H-pyrrole nitrogens is 1. The monoisotopic (exact) mass is 384 g/mol. The molecule has 0 atom stereocenters. The summed E-state index contributed by atoms with van der Waals surface area (Å²) >= 11 is 0. The molecule has 0 aliphatic heterocycles. The van der Waals surface area contributed by atoms with Gasteiger partial charge in [-0.2, -0.15) is 5.10 Å². The molecule has 0 unspecified atom stereocenters. The van der Waals surface area contributed by atoms with Crippen molar-refractivity contribution in [2.24, 2.45) is 5.73 Å². The molecule has 0 bridgehead atoms. The second-order valence-electron chi connectivity index (χ2n) is 5.80. The molecule has 2 heterocycles. The Hall–Kier alpha value is -3.32. The van der Waals surface area contributed by atoms with E-state index in [1.165, 1.54) is 12.3 Å². The molecule has 2 aromatic carbocycles. The number of halogens is 2. The van der Waals surface area contributed by atoms with E-state index in [1.54, 1.807) is 24.3 Å². The van der Waals surface area contributed by atoms with Gasteiger partial charge in [-0.05, 0) is 29.8 Å². The lowest BCUT2D eigenvalue weighted by Crippen LogP contribution is -2.06. The van der Waals surface area contributed by atoms with Crippen molar-refractivity contribution in [3.63, 3.8) is 0 Å². The molecular formula is C21H22F2N4O. The largest absolute Gasteiger partial charge is 0.328 e. The van der Waals surface area contributed by atoms with Gasteiger partial charge in [0.25, 0.3) is 5.56 Å². The van der Waals surface area contributed by atoms with Crippen molar-refractivity contribution >= 4 is 10.9 Å². The molecular weight excluding hydrogens is 362 g/mol. The van der Waals surface area contributed by atoms with E-state index in [0.717, 1.165) is 22.4 Å². The topological polar surface area (TPSA) is 76.7 Å². The molecule has 2 aromatic heterocycles. The highest BCUT2D eigenvalue weighted by atomic mass is 19.1. The van der Waals surface area contributed by atoms with Crippen molar-refractivity contribution < 1.29 is 8.78 Å². The highest BCUT2D eigenvalue weighted by Crippen LogP contribution is 2.29. The average Bonchev–Trinajstić information content (AvgIpc) is 3.02. The van der Waals surface area contributed by atoms with Gasteiger partial charge < -0.3 is 10.7 Å². The van der Waals surface area contributed by atoms with Gasteiger partial charge in [0, 0.05) is 18.3 Å². The standard InChI is InChI=1S/C19H14F2N4O.2CH4/c20-13-5-2-6-14(21)18(13)25-15-7-8-23-19(26)16(15)17(24-25)12-4-1-3-11(9-12)10-22;;/h1-9H,10,22H2,(H,23,26);2*1H4. The first-order valence-corrected chi connectivity index (χ1v) is 7.94. The molecule has 7 heteroatoms. The van der Waals surface area contributed by atoms with E-state index in [0.29, 0.717) is 23.3 Å². The quantitative estimate of drug-likeness (QED) is 0.550. The molecule has 0 fully saturated rings. The SMILES string of the molecule is C.C.NCc1cccc(-c2nn(-c3c(F)cccc3F)c3cc[nH]c(=O)c23)c1. The Bertz CT molecular complexity index is 1160. The molecule has 0 saturated heterocycles. The number of hydrogen-bond acceptors (Lipinski definition) is 3. The maximum absolute atomic E-state index is 14.3. The average molecular weight is 384 g/mol. The predicted molar refractivity (Wildman–Crippen MR) is 108 cm³/mol. The van der Waals surface area contributed by atoms with Gasteiger partial charge in [0.05, 0.1) is 10.9 Å². The van der Waals surface area contributed by atoms with Gasteiger partial charge >= 0.3 is 0 Å². The number of nitrogens with two attached hydrogens (primary N) is 1. The fourth-order valence-corrected chi connectivity index (χ4v) is 2.99. The summed E-state index contributed by atoms with van der Waals surface area (Å²) in [4.78, 5) is 15.0. The van der Waals surface area contributed by atoms with Crippen LogP contribution in [-0.4, -0.2) is 14.8 Å². The summed E-state index contributed by atoms with van der Waals surface area (Å²) in [5.74, 6) is -1.53. The zero-order valence-electron chi connectivity index (χ0n) is 13.5. The Morgan fingerprint density at radius 2 is 1.71 bits per heavy atom. The molecule has 0 spiro atoms. The van der Waals surface area contributed by atoms with Crippen LogP contribution in [0.3, 0.4) is 0 Å². The molecule has 0 aliphatic carbocycles. The summed E-state index contributed by atoms with van der Waals surface area (Å²) < 4.78 is 29.7. The number of pyridine rings is 1. The number of benzene rings is 2. The van der Waals surface area contributed by atoms with Crippen molar-refractivity contribution in [2.45, 2.75) is 21.4 Å². The molecule has 0 aliphatic rings. The third kappa shape index (κ3) is 3.32. The van der Waals surface area contributed by atoms with E-state index in [9.17, 15) is 13.6 Å². The van der Waals surface area contributed by atoms with Crippen LogP contribution in [0.1, 0.15) is 20.4 Å². The van der Waals surface area contributed by atoms with Gasteiger partial charge in [-0.1, -0.05) is 39.1 Å². The summed E-state index contributed by atoms with van der Waals surface area (Å²) in [5, 5.41) is 4.62. The molecule has 146 valence electrons. The molecule has 0 amide bonds. The molecule has 28 heavy (non-hydrogen) atoms. The number of aromatic nitrogens is 3. The first-order chi connectivity index (χ1) is 12.6. The Labute approximate surface area is 161 Å². The molecule has 5 nitrogen and oxygen atoms in total. The van der Waals surface area contributed by atoms with Gasteiger partial charge in [-0.25, -0.2) is 13.5 Å². The van der Waals surface area contributed by atoms with Crippen molar-refractivity contribution in [3.8, 4) is 16.9 Å². The van der Waals surface area contributed by atoms with Crippen LogP contribution in [0.2, 0.25) is 0 Å². The van der Waals surface area contributed by atoms with Crippen LogP contribution in [0.4, 0.5) is 8.78 Å². The summed E-state index contributed by atoms with van der Waals surface area (Å²) in [6, 6.07) is 12.4. The number of fused-ring (bicyclic) bond motifs is 1. The van der Waals surface area contributed by atoms with Gasteiger partial charge in [0.2, 0.25) is 0 Å². The number of nitrogens with one attached hydrogen (secondary N) is 1. The third-order valence-electron chi connectivity index (χ3n) is 4.19. The van der Waals surface area contributed by atoms with Crippen molar-refractivity contribution in [1.82, 2.24) is 14.8 Å². The first kappa shape index (κ1) is 21.0. The number of hydrogen-bond donors (Lipinski definition) is 2. The maximum Gasteiger partial charge on any atom is 0.259 e. The molecule has 3 N–H and O–H groups in total. The number of aromatic amines is 1. The summed E-state index contributed by atoms with van der Waals surface area (Å²) in [6.45, 7) is 0.324. The lowest BCUT2D eigenvalue weighted by molar-refractivity contribution is 0.563. The molecule has 4 aromatic rings. The predicted octanol–water partition coefficient (Wildman–Crippen LogP) is 4.39. The van der Waals surface area contributed by atoms with Crippen molar-refractivity contribution in [1.29, 1.82) is 0 Å². The maximum atomic E-state index is 14.3. The molecule has 0 saturated carbocycles.